The molecule has 1 amide bonds. The summed E-state index contributed by atoms with van der Waals surface area (Å²) in [5.74, 6) is 0.524. The highest BCUT2D eigenvalue weighted by Gasteiger charge is 2.20. The Labute approximate surface area is 110 Å². The summed E-state index contributed by atoms with van der Waals surface area (Å²) in [6.45, 7) is 6.48. The summed E-state index contributed by atoms with van der Waals surface area (Å²) in [7, 11) is 0. The zero-order valence-electron chi connectivity index (χ0n) is 11.4. The molecule has 2 saturated heterocycles. The number of rotatable bonds is 5. The molecule has 0 radical (unpaired) electrons. The minimum Gasteiger partial charge on any atom is -0.356 e. The van der Waals surface area contributed by atoms with E-state index in [-0.39, 0.29) is 11.8 Å². The normalized spacial score (nSPS) is 22.9. The quantitative estimate of drug-likeness (QED) is 0.718. The van der Waals surface area contributed by atoms with Gasteiger partial charge in [-0.1, -0.05) is 6.42 Å². The number of amides is 1. The minimum absolute atomic E-state index is 0.251. The summed E-state index contributed by atoms with van der Waals surface area (Å²) >= 11 is 0. The van der Waals surface area contributed by atoms with Crippen LogP contribution in [0.3, 0.4) is 0 Å². The van der Waals surface area contributed by atoms with E-state index in [9.17, 15) is 4.79 Å². The molecule has 104 valence electrons. The van der Waals surface area contributed by atoms with Crippen LogP contribution in [-0.2, 0) is 4.79 Å². The largest absolute Gasteiger partial charge is 0.356 e. The smallest absolute Gasteiger partial charge is 0.223 e. The maximum absolute atomic E-state index is 11.9. The van der Waals surface area contributed by atoms with Crippen molar-refractivity contribution in [3.63, 3.8) is 0 Å². The van der Waals surface area contributed by atoms with E-state index in [1.807, 2.05) is 0 Å². The Balaban J connectivity index is 1.52. The number of carbonyl (C=O) groups is 1. The molecule has 2 rings (SSSR count). The van der Waals surface area contributed by atoms with E-state index in [4.69, 9.17) is 0 Å². The van der Waals surface area contributed by atoms with Gasteiger partial charge in [-0.05, 0) is 64.8 Å². The lowest BCUT2D eigenvalue weighted by atomic mass is 9.97. The Morgan fingerprint density at radius 3 is 2.61 bits per heavy atom. The summed E-state index contributed by atoms with van der Waals surface area (Å²) in [4.78, 5) is 14.4. The SMILES string of the molecule is O=C(NCCCN1CCCCC1)C1CCNCC1. The average molecular weight is 253 g/mol. The molecule has 2 heterocycles. The number of carbonyl (C=O) groups excluding carboxylic acids is 1. The van der Waals surface area contributed by atoms with E-state index in [0.717, 1.165) is 45.4 Å². The number of piperidine rings is 2. The lowest BCUT2D eigenvalue weighted by Crippen LogP contribution is -2.39. The van der Waals surface area contributed by atoms with E-state index in [1.54, 1.807) is 0 Å². The van der Waals surface area contributed by atoms with E-state index in [0.29, 0.717) is 0 Å². The molecule has 0 bridgehead atoms. The van der Waals surface area contributed by atoms with Gasteiger partial charge in [-0.3, -0.25) is 4.79 Å². The topological polar surface area (TPSA) is 44.4 Å². The molecule has 0 spiro atoms. The van der Waals surface area contributed by atoms with Crippen molar-refractivity contribution in [3.8, 4) is 0 Å². The number of hydrogen-bond donors (Lipinski definition) is 2. The van der Waals surface area contributed by atoms with Crippen molar-refractivity contribution in [2.24, 2.45) is 5.92 Å². The fourth-order valence-corrected chi connectivity index (χ4v) is 2.93. The highest BCUT2D eigenvalue weighted by atomic mass is 16.1. The van der Waals surface area contributed by atoms with Crippen molar-refractivity contribution in [2.45, 2.75) is 38.5 Å². The van der Waals surface area contributed by atoms with Crippen LogP contribution in [0.25, 0.3) is 0 Å². The molecule has 0 aromatic rings. The summed E-state index contributed by atoms with van der Waals surface area (Å²) in [6.07, 6.45) is 7.18. The molecule has 0 saturated carbocycles. The van der Waals surface area contributed by atoms with Crippen LogP contribution >= 0.6 is 0 Å². The van der Waals surface area contributed by atoms with Gasteiger partial charge in [0, 0.05) is 12.5 Å². The molecule has 0 atom stereocenters. The lowest BCUT2D eigenvalue weighted by molar-refractivity contribution is -0.125. The molecular formula is C14H27N3O. The highest BCUT2D eigenvalue weighted by molar-refractivity contribution is 5.78. The van der Waals surface area contributed by atoms with Crippen molar-refractivity contribution in [2.75, 3.05) is 39.3 Å². The zero-order valence-corrected chi connectivity index (χ0v) is 11.4. The lowest BCUT2D eigenvalue weighted by Gasteiger charge is -2.26. The summed E-state index contributed by atoms with van der Waals surface area (Å²) in [6, 6.07) is 0. The predicted octanol–water partition coefficient (Wildman–Crippen LogP) is 0.978. The van der Waals surface area contributed by atoms with Crippen LogP contribution in [0.5, 0.6) is 0 Å². The highest BCUT2D eigenvalue weighted by Crippen LogP contribution is 2.11. The van der Waals surface area contributed by atoms with Crippen molar-refractivity contribution >= 4 is 5.91 Å². The third-order valence-electron chi connectivity index (χ3n) is 4.11. The van der Waals surface area contributed by atoms with Crippen molar-refractivity contribution in [1.82, 2.24) is 15.5 Å². The van der Waals surface area contributed by atoms with Gasteiger partial charge in [0.2, 0.25) is 5.91 Å². The first-order valence-electron chi connectivity index (χ1n) is 7.57. The predicted molar refractivity (Wildman–Crippen MR) is 73.5 cm³/mol. The second kappa shape index (κ2) is 7.74. The molecule has 0 aromatic heterocycles. The third-order valence-corrected chi connectivity index (χ3v) is 4.11. The molecule has 2 aliphatic heterocycles. The van der Waals surface area contributed by atoms with Crippen LogP contribution in [0.4, 0.5) is 0 Å². The summed E-state index contributed by atoms with van der Waals surface area (Å²) in [5, 5.41) is 6.39. The van der Waals surface area contributed by atoms with Gasteiger partial charge in [-0.25, -0.2) is 0 Å². The molecule has 0 aromatic carbocycles. The average Bonchev–Trinajstić information content (AvgIpc) is 2.45. The summed E-state index contributed by atoms with van der Waals surface area (Å²) < 4.78 is 0. The van der Waals surface area contributed by atoms with Crippen LogP contribution in [0, 0.1) is 5.92 Å². The molecule has 4 heteroatoms. The molecule has 18 heavy (non-hydrogen) atoms. The van der Waals surface area contributed by atoms with Gasteiger partial charge in [0.15, 0.2) is 0 Å². The third kappa shape index (κ3) is 4.58. The maximum Gasteiger partial charge on any atom is 0.223 e. The van der Waals surface area contributed by atoms with Crippen LogP contribution < -0.4 is 10.6 Å². The fourth-order valence-electron chi connectivity index (χ4n) is 2.93. The van der Waals surface area contributed by atoms with Gasteiger partial charge in [-0.2, -0.15) is 0 Å². The van der Waals surface area contributed by atoms with Gasteiger partial charge in [0.05, 0.1) is 0 Å². The van der Waals surface area contributed by atoms with Gasteiger partial charge in [0.1, 0.15) is 0 Å². The van der Waals surface area contributed by atoms with E-state index in [2.05, 4.69) is 15.5 Å². The monoisotopic (exact) mass is 253 g/mol. The van der Waals surface area contributed by atoms with Gasteiger partial charge in [0.25, 0.3) is 0 Å². The molecule has 2 N–H and O–H groups in total. The number of nitrogens with zero attached hydrogens (tertiary/aromatic N) is 1. The van der Waals surface area contributed by atoms with E-state index in [1.165, 1.54) is 32.4 Å². The number of nitrogens with one attached hydrogen (secondary N) is 2. The van der Waals surface area contributed by atoms with Crippen LogP contribution in [0.2, 0.25) is 0 Å². The van der Waals surface area contributed by atoms with Crippen molar-refractivity contribution < 1.29 is 4.79 Å². The maximum atomic E-state index is 11.9. The minimum atomic E-state index is 0.251. The second-order valence-electron chi connectivity index (χ2n) is 5.57. The van der Waals surface area contributed by atoms with Crippen LogP contribution in [0.15, 0.2) is 0 Å². The Bertz CT molecular complexity index is 245. The first-order chi connectivity index (χ1) is 8.86. The Kier molecular flexibility index (Phi) is 5.94. The van der Waals surface area contributed by atoms with E-state index < -0.39 is 0 Å². The van der Waals surface area contributed by atoms with Crippen LogP contribution in [-0.4, -0.2) is 50.1 Å². The first-order valence-corrected chi connectivity index (χ1v) is 7.57. The first kappa shape index (κ1) is 13.8. The van der Waals surface area contributed by atoms with Crippen LogP contribution in [0.1, 0.15) is 38.5 Å². The van der Waals surface area contributed by atoms with Gasteiger partial charge < -0.3 is 15.5 Å². The molecule has 0 unspecified atom stereocenters. The second-order valence-corrected chi connectivity index (χ2v) is 5.57. The zero-order chi connectivity index (χ0) is 12.6. The molecule has 4 nitrogen and oxygen atoms in total. The molecule has 2 fully saturated rings. The number of hydrogen-bond acceptors (Lipinski definition) is 3. The molecule has 0 aliphatic carbocycles. The van der Waals surface area contributed by atoms with Gasteiger partial charge in [-0.15, -0.1) is 0 Å². The van der Waals surface area contributed by atoms with Crippen molar-refractivity contribution in [1.29, 1.82) is 0 Å². The standard InChI is InChI=1S/C14H27N3O/c18-14(13-5-8-15-9-6-13)16-7-4-12-17-10-2-1-3-11-17/h13,15H,1-12H2,(H,16,18). The number of likely N-dealkylation sites (tertiary alicyclic amines) is 1. The Morgan fingerprint density at radius 2 is 1.89 bits per heavy atom. The Hall–Kier alpha value is -0.610. The molecular weight excluding hydrogens is 226 g/mol. The Morgan fingerprint density at radius 1 is 1.17 bits per heavy atom. The molecule has 2 aliphatic rings. The fraction of sp³-hybridized carbons (Fsp3) is 0.929. The van der Waals surface area contributed by atoms with E-state index >= 15 is 0 Å². The summed E-state index contributed by atoms with van der Waals surface area (Å²) in [5.41, 5.74) is 0. The van der Waals surface area contributed by atoms with Gasteiger partial charge >= 0.3 is 0 Å². The van der Waals surface area contributed by atoms with Crippen molar-refractivity contribution in [3.05, 3.63) is 0 Å².